The van der Waals surface area contributed by atoms with Crippen LogP contribution in [0.1, 0.15) is 77.0 Å². The minimum Gasteiger partial charge on any atom is -0.495 e. The summed E-state index contributed by atoms with van der Waals surface area (Å²) in [5.74, 6) is 0.335. The topological polar surface area (TPSA) is 114 Å². The van der Waals surface area contributed by atoms with Crippen molar-refractivity contribution in [1.82, 2.24) is 14.9 Å². The number of rotatable bonds is 7. The fraction of sp³-hybridized carbons (Fsp3) is 0.548. The van der Waals surface area contributed by atoms with Gasteiger partial charge in [0.05, 0.1) is 20.3 Å². The van der Waals surface area contributed by atoms with Crippen molar-refractivity contribution in [3.8, 4) is 11.5 Å². The lowest BCUT2D eigenvalue weighted by molar-refractivity contribution is -0.123. The summed E-state index contributed by atoms with van der Waals surface area (Å²) in [5.41, 5.74) is 2.35. The normalized spacial score (nSPS) is 15.9. The average molecular weight is 588 g/mol. The molecule has 1 aliphatic heterocycles. The van der Waals surface area contributed by atoms with Crippen molar-refractivity contribution >= 4 is 21.8 Å². The number of hydrogen-bond acceptors (Lipinski definition) is 7. The number of fused-ring (bicyclic) bond motifs is 1. The van der Waals surface area contributed by atoms with E-state index in [0.29, 0.717) is 26.1 Å². The summed E-state index contributed by atoms with van der Waals surface area (Å²) in [5, 5.41) is 3.00. The summed E-state index contributed by atoms with van der Waals surface area (Å²) in [6, 6.07) is 10.9. The molecule has 10 heteroatoms. The number of nitrogens with zero attached hydrogens (tertiary/aromatic N) is 1. The third-order valence-corrected chi connectivity index (χ3v) is 8.58. The van der Waals surface area contributed by atoms with Crippen molar-refractivity contribution in [1.29, 1.82) is 0 Å². The maximum atomic E-state index is 13.2. The Hall–Kier alpha value is -3.11. The first kappa shape index (κ1) is 32.4. The van der Waals surface area contributed by atoms with Gasteiger partial charge >= 0.3 is 0 Å². The van der Waals surface area contributed by atoms with Crippen LogP contribution in [-0.2, 0) is 38.0 Å². The zero-order valence-corrected chi connectivity index (χ0v) is 26.0. The van der Waals surface area contributed by atoms with Crippen molar-refractivity contribution < 1.29 is 27.5 Å². The first-order valence-corrected chi connectivity index (χ1v) is 15.8. The predicted molar refractivity (Wildman–Crippen MR) is 160 cm³/mol. The number of ether oxygens (including phenoxy) is 2. The van der Waals surface area contributed by atoms with E-state index in [4.69, 9.17) is 9.47 Å². The highest BCUT2D eigenvalue weighted by molar-refractivity contribution is 7.90. The number of nitrogens with one attached hydrogen (secondary N) is 2. The van der Waals surface area contributed by atoms with Gasteiger partial charge in [-0.1, -0.05) is 39.0 Å². The van der Waals surface area contributed by atoms with Crippen molar-refractivity contribution in [2.75, 3.05) is 26.8 Å². The van der Waals surface area contributed by atoms with Gasteiger partial charge in [0.15, 0.2) is 0 Å². The molecule has 2 amide bonds. The molecule has 0 saturated heterocycles. The number of methoxy groups -OCH3 is 1. The second-order valence-electron chi connectivity index (χ2n) is 11.8. The van der Waals surface area contributed by atoms with Crippen LogP contribution in [0.5, 0.6) is 11.5 Å². The lowest BCUT2D eigenvalue weighted by Gasteiger charge is -2.27. The third-order valence-electron chi connectivity index (χ3n) is 7.18. The van der Waals surface area contributed by atoms with Crippen molar-refractivity contribution in [2.24, 2.45) is 0 Å². The number of aryl methyl sites for hydroxylation is 1. The molecule has 2 aromatic carbocycles. The number of carbonyl (C=O) groups is 2. The lowest BCUT2D eigenvalue weighted by atomic mass is 9.87. The van der Waals surface area contributed by atoms with E-state index in [-0.39, 0.29) is 41.0 Å². The smallest absolute Gasteiger partial charge is 0.267 e. The molecule has 2 aromatic rings. The van der Waals surface area contributed by atoms with E-state index in [9.17, 15) is 18.0 Å². The Labute approximate surface area is 245 Å². The van der Waals surface area contributed by atoms with E-state index in [1.807, 2.05) is 58.9 Å². The summed E-state index contributed by atoms with van der Waals surface area (Å²) in [7, 11) is -2.74. The molecule has 3 rings (SSSR count). The minimum atomic E-state index is -4.14. The highest BCUT2D eigenvalue weighted by Crippen LogP contribution is 2.31. The van der Waals surface area contributed by atoms with E-state index in [0.717, 1.165) is 41.7 Å². The summed E-state index contributed by atoms with van der Waals surface area (Å²) >= 11 is 0. The van der Waals surface area contributed by atoms with E-state index in [1.165, 1.54) is 7.11 Å². The Morgan fingerprint density at radius 2 is 1.85 bits per heavy atom. The second-order valence-corrected chi connectivity index (χ2v) is 13.5. The zero-order chi connectivity index (χ0) is 30.2. The van der Waals surface area contributed by atoms with Crippen molar-refractivity contribution in [3.05, 3.63) is 53.1 Å². The Bertz CT molecular complexity index is 1320. The van der Waals surface area contributed by atoms with Gasteiger partial charge in [0.2, 0.25) is 11.8 Å². The van der Waals surface area contributed by atoms with Gasteiger partial charge in [0, 0.05) is 31.1 Å². The van der Waals surface area contributed by atoms with E-state index in [2.05, 4.69) is 14.9 Å². The largest absolute Gasteiger partial charge is 0.495 e. The molecule has 1 aliphatic rings. The summed E-state index contributed by atoms with van der Waals surface area (Å²) in [6.07, 6.45) is 3.09. The third kappa shape index (κ3) is 9.46. The van der Waals surface area contributed by atoms with Crippen LogP contribution in [0, 0.1) is 0 Å². The molecule has 2 N–H and O–H groups in total. The molecule has 1 heterocycles. The van der Waals surface area contributed by atoms with E-state index >= 15 is 0 Å². The minimum absolute atomic E-state index is 0.000817. The molecule has 0 bridgehead atoms. The first-order valence-electron chi connectivity index (χ1n) is 14.3. The molecule has 226 valence electrons. The van der Waals surface area contributed by atoms with Crippen LogP contribution in [0.15, 0.2) is 41.3 Å². The maximum absolute atomic E-state index is 13.2. The average Bonchev–Trinajstić information content (AvgIpc) is 2.91. The fourth-order valence-electron chi connectivity index (χ4n) is 4.61. The quantitative estimate of drug-likeness (QED) is 0.496. The lowest BCUT2D eigenvalue weighted by Crippen LogP contribution is -2.40. The van der Waals surface area contributed by atoms with Gasteiger partial charge in [-0.15, -0.1) is 0 Å². The van der Waals surface area contributed by atoms with Gasteiger partial charge < -0.3 is 14.8 Å². The molecule has 0 saturated carbocycles. The monoisotopic (exact) mass is 587 g/mol. The van der Waals surface area contributed by atoms with Gasteiger partial charge in [-0.25, -0.2) is 13.1 Å². The summed E-state index contributed by atoms with van der Waals surface area (Å²) in [4.78, 5) is 27.3. The van der Waals surface area contributed by atoms with Crippen LogP contribution in [0.4, 0.5) is 0 Å². The molecule has 0 aliphatic carbocycles. The number of carbonyl (C=O) groups excluding carboxylic acids is 2. The molecule has 0 unspecified atom stereocenters. The van der Waals surface area contributed by atoms with Gasteiger partial charge in [0.25, 0.3) is 10.0 Å². The van der Waals surface area contributed by atoms with Crippen LogP contribution in [0.25, 0.3) is 0 Å². The van der Waals surface area contributed by atoms with Gasteiger partial charge in [-0.05, 0) is 74.3 Å². The number of amides is 2. The van der Waals surface area contributed by atoms with Crippen molar-refractivity contribution in [3.63, 3.8) is 0 Å². The van der Waals surface area contributed by atoms with Gasteiger partial charge in [0.1, 0.15) is 16.4 Å². The van der Waals surface area contributed by atoms with Gasteiger partial charge in [-0.2, -0.15) is 0 Å². The summed E-state index contributed by atoms with van der Waals surface area (Å²) in [6.45, 7) is 12.1. The van der Waals surface area contributed by atoms with Gasteiger partial charge in [-0.3, -0.25) is 14.5 Å². The highest BCUT2D eigenvalue weighted by atomic mass is 32.2. The van der Waals surface area contributed by atoms with Crippen LogP contribution in [0.2, 0.25) is 0 Å². The molecule has 0 radical (unpaired) electrons. The van der Waals surface area contributed by atoms with Crippen molar-refractivity contribution in [2.45, 2.75) is 89.6 Å². The number of benzene rings is 2. The number of sulfonamides is 1. The molecule has 9 nitrogen and oxygen atoms in total. The Kier molecular flexibility index (Phi) is 11.2. The molecule has 0 fully saturated rings. The van der Waals surface area contributed by atoms with Crippen LogP contribution < -0.4 is 19.5 Å². The van der Waals surface area contributed by atoms with Crippen LogP contribution in [0.3, 0.4) is 0 Å². The molecule has 0 aromatic heterocycles. The van der Waals surface area contributed by atoms with E-state index in [1.54, 1.807) is 12.1 Å². The molecule has 0 atom stereocenters. The zero-order valence-electron chi connectivity index (χ0n) is 25.2. The Morgan fingerprint density at radius 1 is 1.10 bits per heavy atom. The Balaban J connectivity index is 1.76. The fourth-order valence-corrected chi connectivity index (χ4v) is 5.82. The highest BCUT2D eigenvalue weighted by Gasteiger charge is 2.25. The van der Waals surface area contributed by atoms with E-state index < -0.39 is 15.9 Å². The molecular formula is C31H45N3O6S. The summed E-state index contributed by atoms with van der Waals surface area (Å²) < 4.78 is 39.9. The first-order chi connectivity index (χ1) is 19.3. The number of hydrogen-bond donors (Lipinski definition) is 2. The molecular weight excluding hydrogens is 542 g/mol. The Morgan fingerprint density at radius 3 is 2.54 bits per heavy atom. The second kappa shape index (κ2) is 14.2. The molecule has 0 spiro atoms. The van der Waals surface area contributed by atoms with Crippen LogP contribution in [-0.4, -0.2) is 58.0 Å². The maximum Gasteiger partial charge on any atom is 0.267 e. The van der Waals surface area contributed by atoms with Crippen LogP contribution >= 0.6 is 0 Å². The standard InChI is InChI=1S/C31H45N3O6S/c1-22(2)34-20-24-18-23(10-13-26(24)40-17-9-7-8-16-32-30(36)21-34)11-15-29(35)33-41(37,38)28-19-25(31(3,4)5)12-14-27(28)39-6/h10,12-14,18-19,22H,7-9,11,15-17,20-21H2,1-6H3,(H,32,36)(H,33,35). The molecule has 41 heavy (non-hydrogen) atoms. The predicted octanol–water partition coefficient (Wildman–Crippen LogP) is 4.32. The SMILES string of the molecule is COc1ccc(C(C)(C)C)cc1S(=O)(=O)NC(=O)CCc1ccc2c(c1)CN(C(C)C)CC(=O)NCCCCCO2.